The molecule has 0 amide bonds. The molecule has 6 heteroatoms. The number of halogens is 1. The zero-order valence-corrected chi connectivity index (χ0v) is 15.8. The summed E-state index contributed by atoms with van der Waals surface area (Å²) in [5, 5.41) is 3.01. The Labute approximate surface area is 162 Å². The SMILES string of the molecule is CNCc1ccc(F)c(C)c1.O=Cc1cn2c(-c3cccnc3)cccc2n1. The Kier molecular flexibility index (Phi) is 6.24. The predicted octanol–water partition coefficient (Wildman–Crippen LogP) is 4.06. The van der Waals surface area contributed by atoms with E-state index >= 15 is 0 Å². The van der Waals surface area contributed by atoms with Crippen LogP contribution in [0.2, 0.25) is 0 Å². The molecule has 0 spiro atoms. The maximum Gasteiger partial charge on any atom is 0.170 e. The molecule has 0 bridgehead atoms. The number of benzene rings is 1. The third kappa shape index (κ3) is 4.47. The molecule has 4 aromatic rings. The van der Waals surface area contributed by atoms with Crippen LogP contribution in [0.3, 0.4) is 0 Å². The molecule has 4 rings (SSSR count). The monoisotopic (exact) mass is 376 g/mol. The number of hydrogen-bond acceptors (Lipinski definition) is 4. The number of rotatable bonds is 4. The molecule has 0 fully saturated rings. The van der Waals surface area contributed by atoms with Crippen molar-refractivity contribution in [1.29, 1.82) is 0 Å². The summed E-state index contributed by atoms with van der Waals surface area (Å²) in [6, 6.07) is 14.8. The van der Waals surface area contributed by atoms with Crippen LogP contribution >= 0.6 is 0 Å². The molecule has 0 unspecified atom stereocenters. The van der Waals surface area contributed by atoms with Crippen molar-refractivity contribution in [3.05, 3.63) is 89.8 Å². The fourth-order valence-corrected chi connectivity index (χ4v) is 2.86. The number of imidazole rings is 1. The topological polar surface area (TPSA) is 59.3 Å². The zero-order valence-electron chi connectivity index (χ0n) is 15.8. The molecule has 3 aromatic heterocycles. The van der Waals surface area contributed by atoms with Gasteiger partial charge in [0.1, 0.15) is 17.2 Å². The normalized spacial score (nSPS) is 10.4. The van der Waals surface area contributed by atoms with Gasteiger partial charge in [0.25, 0.3) is 0 Å². The summed E-state index contributed by atoms with van der Waals surface area (Å²) in [4.78, 5) is 19.0. The van der Waals surface area contributed by atoms with Crippen molar-refractivity contribution in [1.82, 2.24) is 19.7 Å². The van der Waals surface area contributed by atoms with Gasteiger partial charge >= 0.3 is 0 Å². The van der Waals surface area contributed by atoms with E-state index in [1.54, 1.807) is 31.6 Å². The average Bonchev–Trinajstić information content (AvgIpc) is 3.16. The second kappa shape index (κ2) is 9.01. The summed E-state index contributed by atoms with van der Waals surface area (Å²) in [6.45, 7) is 2.57. The van der Waals surface area contributed by atoms with E-state index in [-0.39, 0.29) is 5.82 Å². The Morgan fingerprint density at radius 1 is 1.18 bits per heavy atom. The minimum atomic E-state index is -0.134. The van der Waals surface area contributed by atoms with E-state index in [4.69, 9.17) is 0 Å². The van der Waals surface area contributed by atoms with Crippen LogP contribution < -0.4 is 5.32 Å². The fourth-order valence-electron chi connectivity index (χ4n) is 2.86. The van der Waals surface area contributed by atoms with Gasteiger partial charge in [-0.2, -0.15) is 0 Å². The van der Waals surface area contributed by atoms with Crippen molar-refractivity contribution in [2.75, 3.05) is 7.05 Å². The summed E-state index contributed by atoms with van der Waals surface area (Å²) in [5.41, 5.74) is 4.98. The smallest absolute Gasteiger partial charge is 0.170 e. The molecule has 5 nitrogen and oxygen atoms in total. The third-order valence-corrected chi connectivity index (χ3v) is 4.19. The second-order valence-electron chi connectivity index (χ2n) is 6.28. The van der Waals surface area contributed by atoms with Crippen LogP contribution in [-0.2, 0) is 6.54 Å². The number of aryl methyl sites for hydroxylation is 1. The molecule has 0 radical (unpaired) electrons. The first-order valence-electron chi connectivity index (χ1n) is 8.85. The Bertz CT molecular complexity index is 1080. The van der Waals surface area contributed by atoms with Gasteiger partial charge in [-0.3, -0.25) is 14.2 Å². The summed E-state index contributed by atoms with van der Waals surface area (Å²) < 4.78 is 14.6. The number of fused-ring (bicyclic) bond motifs is 1. The quantitative estimate of drug-likeness (QED) is 0.546. The number of aromatic nitrogens is 3. The van der Waals surface area contributed by atoms with Gasteiger partial charge in [0.15, 0.2) is 6.29 Å². The minimum Gasteiger partial charge on any atom is -0.316 e. The lowest BCUT2D eigenvalue weighted by atomic mass is 10.1. The van der Waals surface area contributed by atoms with E-state index in [0.29, 0.717) is 11.3 Å². The molecule has 0 saturated heterocycles. The van der Waals surface area contributed by atoms with Crippen LogP contribution in [0.25, 0.3) is 16.9 Å². The number of nitrogens with one attached hydrogen (secondary N) is 1. The molecule has 0 aliphatic rings. The number of pyridine rings is 2. The highest BCUT2D eigenvalue weighted by Gasteiger charge is 2.06. The van der Waals surface area contributed by atoms with Crippen molar-refractivity contribution >= 4 is 11.9 Å². The van der Waals surface area contributed by atoms with Crippen LogP contribution in [0.4, 0.5) is 4.39 Å². The van der Waals surface area contributed by atoms with Crippen molar-refractivity contribution in [2.45, 2.75) is 13.5 Å². The van der Waals surface area contributed by atoms with Gasteiger partial charge in [-0.15, -0.1) is 0 Å². The number of nitrogens with zero attached hydrogens (tertiary/aromatic N) is 3. The van der Waals surface area contributed by atoms with Crippen molar-refractivity contribution in [3.63, 3.8) is 0 Å². The lowest BCUT2D eigenvalue weighted by Gasteiger charge is -2.04. The molecule has 1 aromatic carbocycles. The van der Waals surface area contributed by atoms with Crippen LogP contribution in [0, 0.1) is 12.7 Å². The molecule has 0 aliphatic heterocycles. The molecule has 28 heavy (non-hydrogen) atoms. The molecule has 1 N–H and O–H groups in total. The minimum absolute atomic E-state index is 0.134. The van der Waals surface area contributed by atoms with Gasteiger partial charge in [0.05, 0.1) is 5.69 Å². The largest absolute Gasteiger partial charge is 0.316 e. The molecule has 3 heterocycles. The predicted molar refractivity (Wildman–Crippen MR) is 108 cm³/mol. The highest BCUT2D eigenvalue weighted by molar-refractivity contribution is 5.74. The van der Waals surface area contributed by atoms with Gasteiger partial charge in [-0.25, -0.2) is 9.37 Å². The lowest BCUT2D eigenvalue weighted by molar-refractivity contribution is 0.111. The summed E-state index contributed by atoms with van der Waals surface area (Å²) in [6.07, 6.45) is 5.99. The summed E-state index contributed by atoms with van der Waals surface area (Å²) in [5.74, 6) is -0.134. The average molecular weight is 376 g/mol. The van der Waals surface area contributed by atoms with Crippen molar-refractivity contribution < 1.29 is 9.18 Å². The van der Waals surface area contributed by atoms with Gasteiger partial charge in [-0.1, -0.05) is 18.2 Å². The number of carbonyl (C=O) groups excluding carboxylic acids is 1. The first-order valence-corrected chi connectivity index (χ1v) is 8.85. The van der Waals surface area contributed by atoms with Gasteiger partial charge in [-0.05, 0) is 55.4 Å². The lowest BCUT2D eigenvalue weighted by Crippen LogP contribution is -2.05. The molecular weight excluding hydrogens is 355 g/mol. The second-order valence-corrected chi connectivity index (χ2v) is 6.28. The van der Waals surface area contributed by atoms with Gasteiger partial charge < -0.3 is 5.32 Å². The highest BCUT2D eigenvalue weighted by Crippen LogP contribution is 2.19. The van der Waals surface area contributed by atoms with Gasteiger partial charge in [0, 0.05) is 30.7 Å². The molecule has 142 valence electrons. The number of hydrogen-bond donors (Lipinski definition) is 1. The van der Waals surface area contributed by atoms with Gasteiger partial charge in [0.2, 0.25) is 0 Å². The van der Waals surface area contributed by atoms with Crippen LogP contribution in [0.15, 0.2) is 67.1 Å². The van der Waals surface area contributed by atoms with Crippen molar-refractivity contribution in [2.24, 2.45) is 0 Å². The van der Waals surface area contributed by atoms with Crippen molar-refractivity contribution in [3.8, 4) is 11.3 Å². The van der Waals surface area contributed by atoms with E-state index in [0.717, 1.165) is 35.3 Å². The Morgan fingerprint density at radius 2 is 2.04 bits per heavy atom. The van der Waals surface area contributed by atoms with Crippen LogP contribution in [0.1, 0.15) is 21.6 Å². The van der Waals surface area contributed by atoms with E-state index in [2.05, 4.69) is 15.3 Å². The Hall–Kier alpha value is -3.38. The molecule has 0 atom stereocenters. The van der Waals surface area contributed by atoms with E-state index in [9.17, 15) is 9.18 Å². The molecule has 0 saturated carbocycles. The van der Waals surface area contributed by atoms with E-state index in [1.165, 1.54) is 6.07 Å². The number of aldehydes is 1. The maximum atomic E-state index is 12.7. The van der Waals surface area contributed by atoms with Crippen LogP contribution in [0.5, 0.6) is 0 Å². The zero-order chi connectivity index (χ0) is 19.9. The Balaban J connectivity index is 0.000000178. The molecular formula is C22H21FN4O. The summed E-state index contributed by atoms with van der Waals surface area (Å²) >= 11 is 0. The standard InChI is InChI=1S/C13H9N3O.C9H12FN/c17-9-11-8-16-12(4-1-5-13(16)15-11)10-3-2-6-14-7-10;1-7-5-8(6-11-2)3-4-9(7)10/h1-9H;3-5,11H,6H2,1-2H3. The van der Waals surface area contributed by atoms with E-state index in [1.807, 2.05) is 47.8 Å². The summed E-state index contributed by atoms with van der Waals surface area (Å²) in [7, 11) is 1.87. The number of carbonyl (C=O) groups is 1. The molecule has 0 aliphatic carbocycles. The maximum absolute atomic E-state index is 12.7. The highest BCUT2D eigenvalue weighted by atomic mass is 19.1. The fraction of sp³-hybridized carbons (Fsp3) is 0.136. The first-order chi connectivity index (χ1) is 13.6. The Morgan fingerprint density at radius 3 is 2.71 bits per heavy atom. The third-order valence-electron chi connectivity index (χ3n) is 4.19. The van der Waals surface area contributed by atoms with E-state index < -0.39 is 0 Å². The van der Waals surface area contributed by atoms with Crippen LogP contribution in [-0.4, -0.2) is 27.7 Å². The first kappa shape index (κ1) is 19.4.